The summed E-state index contributed by atoms with van der Waals surface area (Å²) in [6.07, 6.45) is 3.73. The van der Waals surface area contributed by atoms with Crippen LogP contribution in [0.5, 0.6) is 0 Å². The van der Waals surface area contributed by atoms with Gasteiger partial charge in [-0.1, -0.05) is 48.6 Å². The average Bonchev–Trinajstić information content (AvgIpc) is 2.52. The second-order valence-electron chi connectivity index (χ2n) is 4.59. The van der Waals surface area contributed by atoms with Crippen molar-refractivity contribution in [2.45, 2.75) is 13.8 Å². The van der Waals surface area contributed by atoms with Gasteiger partial charge in [-0.25, -0.2) is 4.57 Å². The molecule has 0 spiro atoms. The van der Waals surface area contributed by atoms with Gasteiger partial charge in [0.15, 0.2) is 0 Å². The largest absolute Gasteiger partial charge is 0.475 e. The van der Waals surface area contributed by atoms with E-state index >= 15 is 0 Å². The van der Waals surface area contributed by atoms with Gasteiger partial charge in [0.1, 0.15) is 0 Å². The fourth-order valence-electron chi connectivity index (χ4n) is 2.06. The van der Waals surface area contributed by atoms with Crippen LogP contribution in [0, 0.1) is 0 Å². The Labute approximate surface area is 131 Å². The molecule has 0 unspecified atom stereocenters. The van der Waals surface area contributed by atoms with Gasteiger partial charge in [-0.3, -0.25) is 13.6 Å². The van der Waals surface area contributed by atoms with Gasteiger partial charge in [0.05, 0.1) is 19.8 Å². The lowest BCUT2D eigenvalue weighted by atomic mass is 10.1. The van der Waals surface area contributed by atoms with E-state index in [-0.39, 0.29) is 19.8 Å². The highest BCUT2D eigenvalue weighted by molar-refractivity contribution is 7.48. The summed E-state index contributed by atoms with van der Waals surface area (Å²) in [4.78, 5) is 0. The lowest BCUT2D eigenvalue weighted by molar-refractivity contribution is 0.131. The maximum atomic E-state index is 12.1. The van der Waals surface area contributed by atoms with Gasteiger partial charge in [-0.05, 0) is 36.2 Å². The Balaban J connectivity index is 1.97. The molecule has 2 aromatic carbocycles. The quantitative estimate of drug-likeness (QED) is 0.638. The number of hydrogen-bond acceptors (Lipinski definition) is 4. The van der Waals surface area contributed by atoms with Crippen LogP contribution in [0.15, 0.2) is 48.5 Å². The van der Waals surface area contributed by atoms with Gasteiger partial charge >= 0.3 is 7.82 Å². The van der Waals surface area contributed by atoms with Gasteiger partial charge in [-0.2, -0.15) is 0 Å². The minimum atomic E-state index is -3.43. The number of rotatable bonds is 8. The van der Waals surface area contributed by atoms with Crippen molar-refractivity contribution in [3.05, 3.63) is 54.1 Å². The Morgan fingerprint density at radius 3 is 2.32 bits per heavy atom. The van der Waals surface area contributed by atoms with E-state index in [4.69, 9.17) is 13.6 Å². The normalized spacial score (nSPS) is 12.3. The van der Waals surface area contributed by atoms with Crippen molar-refractivity contribution in [2.24, 2.45) is 0 Å². The fraction of sp³-hybridized carbons (Fsp3) is 0.294. The summed E-state index contributed by atoms with van der Waals surface area (Å²) in [5, 5.41) is 2.38. The number of benzene rings is 2. The third kappa shape index (κ3) is 4.79. The molecule has 0 amide bonds. The van der Waals surface area contributed by atoms with E-state index in [1.54, 1.807) is 19.9 Å². The van der Waals surface area contributed by atoms with Crippen LogP contribution in [-0.4, -0.2) is 19.8 Å². The van der Waals surface area contributed by atoms with Crippen LogP contribution in [0.1, 0.15) is 19.4 Å². The summed E-state index contributed by atoms with van der Waals surface area (Å²) in [5.74, 6) is 0. The van der Waals surface area contributed by atoms with Crippen molar-refractivity contribution in [1.82, 2.24) is 0 Å². The zero-order chi connectivity index (χ0) is 15.8. The molecule has 0 heterocycles. The smallest absolute Gasteiger partial charge is 0.287 e. The highest BCUT2D eigenvalue weighted by Gasteiger charge is 2.24. The molecule has 0 fully saturated rings. The SMILES string of the molecule is CCOP(=O)(OCC)OCC=Cc1ccc2ccccc2c1. The van der Waals surface area contributed by atoms with Crippen LogP contribution >= 0.6 is 7.82 Å². The summed E-state index contributed by atoms with van der Waals surface area (Å²) in [6.45, 7) is 4.24. The molecule has 118 valence electrons. The van der Waals surface area contributed by atoms with Gasteiger partial charge in [0.25, 0.3) is 0 Å². The molecule has 0 radical (unpaired) electrons. The highest BCUT2D eigenvalue weighted by atomic mass is 31.2. The molecule has 2 aromatic rings. The fourth-order valence-corrected chi connectivity index (χ4v) is 3.18. The maximum absolute atomic E-state index is 12.1. The molecular weight excluding hydrogens is 299 g/mol. The lowest BCUT2D eigenvalue weighted by Gasteiger charge is -2.15. The van der Waals surface area contributed by atoms with E-state index in [9.17, 15) is 4.57 Å². The Morgan fingerprint density at radius 2 is 1.64 bits per heavy atom. The lowest BCUT2D eigenvalue weighted by Crippen LogP contribution is -2.00. The molecule has 0 saturated carbocycles. The number of phosphoric acid groups is 1. The zero-order valence-corrected chi connectivity index (χ0v) is 13.8. The molecule has 0 aliphatic rings. The Bertz CT molecular complexity index is 671. The van der Waals surface area contributed by atoms with Crippen molar-refractivity contribution in [3.63, 3.8) is 0 Å². The highest BCUT2D eigenvalue weighted by Crippen LogP contribution is 2.49. The van der Waals surface area contributed by atoms with Gasteiger partial charge < -0.3 is 0 Å². The molecule has 0 atom stereocenters. The molecule has 5 heteroatoms. The first-order valence-corrected chi connectivity index (χ1v) is 8.82. The maximum Gasteiger partial charge on any atom is 0.475 e. The molecule has 0 bridgehead atoms. The summed E-state index contributed by atoms with van der Waals surface area (Å²) in [6, 6.07) is 14.4. The molecule has 0 N–H and O–H groups in total. The van der Waals surface area contributed by atoms with Crippen molar-refractivity contribution in [2.75, 3.05) is 19.8 Å². The number of hydrogen-bond donors (Lipinski definition) is 0. The monoisotopic (exact) mass is 320 g/mol. The van der Waals surface area contributed by atoms with E-state index in [0.29, 0.717) is 0 Å². The van der Waals surface area contributed by atoms with Crippen LogP contribution in [0.3, 0.4) is 0 Å². The van der Waals surface area contributed by atoms with Crippen molar-refractivity contribution >= 4 is 24.7 Å². The molecular formula is C17H21O4P. The van der Waals surface area contributed by atoms with Crippen LogP contribution in [-0.2, 0) is 18.1 Å². The minimum absolute atomic E-state index is 0.171. The molecule has 0 aromatic heterocycles. The minimum Gasteiger partial charge on any atom is -0.287 e. The molecule has 0 aliphatic carbocycles. The molecule has 4 nitrogen and oxygen atoms in total. The van der Waals surface area contributed by atoms with Crippen molar-refractivity contribution < 1.29 is 18.1 Å². The zero-order valence-electron chi connectivity index (χ0n) is 12.9. The first kappa shape index (κ1) is 16.9. The van der Waals surface area contributed by atoms with Crippen LogP contribution < -0.4 is 0 Å². The van der Waals surface area contributed by atoms with E-state index in [1.807, 2.05) is 24.3 Å². The van der Waals surface area contributed by atoms with Crippen molar-refractivity contribution in [1.29, 1.82) is 0 Å². The molecule has 2 rings (SSSR count). The third-order valence-electron chi connectivity index (χ3n) is 2.99. The van der Waals surface area contributed by atoms with E-state index in [0.717, 1.165) is 5.56 Å². The van der Waals surface area contributed by atoms with Gasteiger partial charge in [0, 0.05) is 0 Å². The van der Waals surface area contributed by atoms with Gasteiger partial charge in [-0.15, -0.1) is 0 Å². The number of phosphoric ester groups is 1. The molecule has 0 saturated heterocycles. The number of fused-ring (bicyclic) bond motifs is 1. The predicted octanol–water partition coefficient (Wildman–Crippen LogP) is 5.05. The topological polar surface area (TPSA) is 44.8 Å². The molecule has 0 aliphatic heterocycles. The predicted molar refractivity (Wildman–Crippen MR) is 89.8 cm³/mol. The average molecular weight is 320 g/mol. The van der Waals surface area contributed by atoms with Crippen LogP contribution in [0.25, 0.3) is 16.8 Å². The first-order chi connectivity index (χ1) is 10.7. The summed E-state index contributed by atoms with van der Waals surface area (Å²) in [7, 11) is -3.43. The summed E-state index contributed by atoms with van der Waals surface area (Å²) in [5.41, 5.74) is 1.06. The van der Waals surface area contributed by atoms with Crippen LogP contribution in [0.2, 0.25) is 0 Å². The first-order valence-electron chi connectivity index (χ1n) is 7.36. The van der Waals surface area contributed by atoms with Crippen molar-refractivity contribution in [3.8, 4) is 0 Å². The Hall–Kier alpha value is -1.45. The standard InChI is InChI=1S/C17H21O4P/c1-3-19-22(18,20-4-2)21-13-7-8-15-11-12-16-9-5-6-10-17(16)14-15/h5-12,14H,3-4,13H2,1-2H3. The van der Waals surface area contributed by atoms with E-state index in [2.05, 4.69) is 24.3 Å². The second kappa shape index (κ2) is 8.25. The van der Waals surface area contributed by atoms with E-state index < -0.39 is 7.82 Å². The third-order valence-corrected chi connectivity index (χ3v) is 4.60. The second-order valence-corrected chi connectivity index (χ2v) is 6.26. The summed E-state index contributed by atoms with van der Waals surface area (Å²) >= 11 is 0. The Morgan fingerprint density at radius 1 is 0.955 bits per heavy atom. The Kier molecular flexibility index (Phi) is 6.34. The van der Waals surface area contributed by atoms with Gasteiger partial charge in [0.2, 0.25) is 0 Å². The summed E-state index contributed by atoms with van der Waals surface area (Å²) < 4.78 is 27.5. The van der Waals surface area contributed by atoms with Crippen LogP contribution in [0.4, 0.5) is 0 Å². The molecule has 22 heavy (non-hydrogen) atoms. The van der Waals surface area contributed by atoms with E-state index in [1.165, 1.54) is 10.8 Å².